The number of benzene rings is 1. The molecule has 0 N–H and O–H groups in total. The Morgan fingerprint density at radius 2 is 2.07 bits per heavy atom. The van der Waals surface area contributed by atoms with Gasteiger partial charge >= 0.3 is 0 Å². The van der Waals surface area contributed by atoms with Crippen LogP contribution >= 0.6 is 0 Å². The molecule has 78 valence electrons. The highest BCUT2D eigenvalue weighted by atomic mass is 16.2. The third kappa shape index (κ3) is 1.70. The molecule has 0 bridgehead atoms. The van der Waals surface area contributed by atoms with Crippen LogP contribution in [0.5, 0.6) is 0 Å². The van der Waals surface area contributed by atoms with Crippen LogP contribution in [-0.4, -0.2) is 35.6 Å². The lowest BCUT2D eigenvalue weighted by Crippen LogP contribution is -2.60. The lowest BCUT2D eigenvalue weighted by atomic mass is 9.93. The van der Waals surface area contributed by atoms with E-state index in [1.165, 1.54) is 0 Å². The Labute approximate surface area is 88.7 Å². The van der Waals surface area contributed by atoms with Crippen LogP contribution in [0.1, 0.15) is 17.3 Å². The molecule has 1 aromatic rings. The van der Waals surface area contributed by atoms with Gasteiger partial charge in [-0.2, -0.15) is 0 Å². The molecule has 0 aliphatic carbocycles. The summed E-state index contributed by atoms with van der Waals surface area (Å²) < 4.78 is 0. The highest BCUT2D eigenvalue weighted by Crippen LogP contribution is 2.17. The largest absolute Gasteiger partial charge is 0.296 e. The van der Waals surface area contributed by atoms with Crippen molar-refractivity contribution >= 4 is 11.6 Å². The van der Waals surface area contributed by atoms with Gasteiger partial charge in [0.25, 0.3) is 0 Å². The standard InChI is InChI=1S/C12H13NO2/c1-2-13-8-10(14)11(13)12(15)9-6-4-3-5-7-9/h3-7,11H,2,8H2,1H3. The number of carbonyl (C=O) groups excluding carboxylic acids is 2. The van der Waals surface area contributed by atoms with Gasteiger partial charge in [-0.25, -0.2) is 0 Å². The first kappa shape index (κ1) is 10.1. The minimum absolute atomic E-state index is 0.0331. The fourth-order valence-corrected chi connectivity index (χ4v) is 1.84. The second-order valence-electron chi connectivity index (χ2n) is 3.66. The summed E-state index contributed by atoms with van der Waals surface area (Å²) in [5, 5.41) is 0. The van der Waals surface area contributed by atoms with Gasteiger partial charge in [-0.05, 0) is 6.54 Å². The van der Waals surface area contributed by atoms with Crippen molar-refractivity contribution in [3.8, 4) is 0 Å². The van der Waals surface area contributed by atoms with E-state index in [0.29, 0.717) is 12.1 Å². The van der Waals surface area contributed by atoms with E-state index < -0.39 is 6.04 Å². The van der Waals surface area contributed by atoms with Crippen molar-refractivity contribution in [1.82, 2.24) is 4.90 Å². The van der Waals surface area contributed by atoms with Gasteiger partial charge < -0.3 is 0 Å². The summed E-state index contributed by atoms with van der Waals surface area (Å²) in [5.41, 5.74) is 0.619. The van der Waals surface area contributed by atoms with E-state index in [0.717, 1.165) is 6.54 Å². The molecule has 0 spiro atoms. The molecule has 1 atom stereocenters. The van der Waals surface area contributed by atoms with Crippen LogP contribution < -0.4 is 0 Å². The molecule has 0 saturated carbocycles. The van der Waals surface area contributed by atoms with Crippen LogP contribution in [0.3, 0.4) is 0 Å². The summed E-state index contributed by atoms with van der Waals surface area (Å²) in [4.78, 5) is 25.2. The molecule has 3 heteroatoms. The molecule has 1 aromatic carbocycles. The molecule has 1 saturated heterocycles. The highest BCUT2D eigenvalue weighted by Gasteiger charge is 2.41. The van der Waals surface area contributed by atoms with Crippen LogP contribution in [0.2, 0.25) is 0 Å². The van der Waals surface area contributed by atoms with Crippen molar-refractivity contribution in [2.24, 2.45) is 0 Å². The number of Topliss-reactive ketones (excluding diaryl/α,β-unsaturated/α-hetero) is 2. The summed E-state index contributed by atoms with van der Waals surface area (Å²) in [7, 11) is 0. The van der Waals surface area contributed by atoms with Crippen LogP contribution in [0.25, 0.3) is 0 Å². The average molecular weight is 203 g/mol. The van der Waals surface area contributed by atoms with Crippen molar-refractivity contribution in [2.45, 2.75) is 13.0 Å². The van der Waals surface area contributed by atoms with E-state index in [1.807, 2.05) is 30.0 Å². The zero-order chi connectivity index (χ0) is 10.8. The molecule has 0 aromatic heterocycles. The van der Waals surface area contributed by atoms with Gasteiger partial charge in [0.1, 0.15) is 6.04 Å². The molecule has 15 heavy (non-hydrogen) atoms. The van der Waals surface area contributed by atoms with Crippen molar-refractivity contribution in [3.05, 3.63) is 35.9 Å². The summed E-state index contributed by atoms with van der Waals surface area (Å²) in [6.07, 6.45) is 0. The van der Waals surface area contributed by atoms with E-state index in [1.54, 1.807) is 12.1 Å². The molecule has 0 amide bonds. The lowest BCUT2D eigenvalue weighted by molar-refractivity contribution is -0.133. The van der Waals surface area contributed by atoms with E-state index in [9.17, 15) is 9.59 Å². The summed E-state index contributed by atoms with van der Waals surface area (Å²) in [5.74, 6) is -0.0422. The van der Waals surface area contributed by atoms with Crippen LogP contribution in [0.4, 0.5) is 0 Å². The Hall–Kier alpha value is -1.48. The quantitative estimate of drug-likeness (QED) is 0.546. The number of nitrogens with zero attached hydrogens (tertiary/aromatic N) is 1. The van der Waals surface area contributed by atoms with E-state index in [2.05, 4.69) is 0 Å². The lowest BCUT2D eigenvalue weighted by Gasteiger charge is -2.37. The van der Waals surface area contributed by atoms with Crippen molar-refractivity contribution in [1.29, 1.82) is 0 Å². The van der Waals surface area contributed by atoms with Crippen molar-refractivity contribution in [2.75, 3.05) is 13.1 Å². The smallest absolute Gasteiger partial charge is 0.187 e. The second-order valence-corrected chi connectivity index (χ2v) is 3.66. The molecule has 1 unspecified atom stereocenters. The number of hydrogen-bond acceptors (Lipinski definition) is 3. The van der Waals surface area contributed by atoms with Gasteiger partial charge in [-0.1, -0.05) is 37.3 Å². The Balaban J connectivity index is 2.18. The van der Waals surface area contributed by atoms with Gasteiger partial charge in [-0.15, -0.1) is 0 Å². The minimum Gasteiger partial charge on any atom is -0.296 e. The molecule has 2 rings (SSSR count). The van der Waals surface area contributed by atoms with Gasteiger partial charge in [-0.3, -0.25) is 14.5 Å². The molecular formula is C12H13NO2. The SMILES string of the molecule is CCN1CC(=O)C1C(=O)c1ccccc1. The van der Waals surface area contributed by atoms with Gasteiger partial charge in [0, 0.05) is 5.56 Å². The third-order valence-electron chi connectivity index (χ3n) is 2.74. The maximum Gasteiger partial charge on any atom is 0.187 e. The number of likely N-dealkylation sites (tertiary alicyclic amines) is 1. The van der Waals surface area contributed by atoms with Crippen LogP contribution in [-0.2, 0) is 4.79 Å². The summed E-state index contributed by atoms with van der Waals surface area (Å²) in [6.45, 7) is 3.12. The molecule has 3 nitrogen and oxygen atoms in total. The van der Waals surface area contributed by atoms with E-state index >= 15 is 0 Å². The number of rotatable bonds is 3. The molecule has 0 radical (unpaired) electrons. The zero-order valence-electron chi connectivity index (χ0n) is 8.64. The molecule has 1 heterocycles. The van der Waals surface area contributed by atoms with Gasteiger partial charge in [0.2, 0.25) is 0 Å². The predicted molar refractivity (Wildman–Crippen MR) is 56.8 cm³/mol. The molecule has 1 aliphatic heterocycles. The normalized spacial score (nSPS) is 21.1. The van der Waals surface area contributed by atoms with Crippen molar-refractivity contribution < 1.29 is 9.59 Å². The average Bonchev–Trinajstić information content (AvgIpc) is 2.26. The minimum atomic E-state index is -0.530. The summed E-state index contributed by atoms with van der Waals surface area (Å²) >= 11 is 0. The fraction of sp³-hybridized carbons (Fsp3) is 0.333. The number of carbonyl (C=O) groups is 2. The fourth-order valence-electron chi connectivity index (χ4n) is 1.84. The molecular weight excluding hydrogens is 190 g/mol. The Kier molecular flexibility index (Phi) is 2.64. The van der Waals surface area contributed by atoms with Crippen molar-refractivity contribution in [3.63, 3.8) is 0 Å². The topological polar surface area (TPSA) is 37.4 Å². The van der Waals surface area contributed by atoms with E-state index in [-0.39, 0.29) is 11.6 Å². The Bertz CT molecular complexity index is 386. The maximum absolute atomic E-state index is 11.9. The molecule has 1 aliphatic rings. The number of likely N-dealkylation sites (N-methyl/N-ethyl adjacent to an activating group) is 1. The monoisotopic (exact) mass is 203 g/mol. The highest BCUT2D eigenvalue weighted by molar-refractivity contribution is 6.17. The number of hydrogen-bond donors (Lipinski definition) is 0. The first-order valence-electron chi connectivity index (χ1n) is 5.10. The first-order chi connectivity index (χ1) is 7.24. The zero-order valence-corrected chi connectivity index (χ0v) is 8.64. The third-order valence-corrected chi connectivity index (χ3v) is 2.74. The van der Waals surface area contributed by atoms with E-state index in [4.69, 9.17) is 0 Å². The Morgan fingerprint density at radius 3 is 2.60 bits per heavy atom. The second kappa shape index (κ2) is 3.95. The maximum atomic E-state index is 11.9. The van der Waals surface area contributed by atoms with Gasteiger partial charge in [0.15, 0.2) is 11.6 Å². The van der Waals surface area contributed by atoms with Crippen LogP contribution in [0, 0.1) is 0 Å². The Morgan fingerprint density at radius 1 is 1.40 bits per heavy atom. The van der Waals surface area contributed by atoms with Gasteiger partial charge in [0.05, 0.1) is 6.54 Å². The first-order valence-corrected chi connectivity index (χ1v) is 5.10. The predicted octanol–water partition coefficient (Wildman–Crippen LogP) is 1.14. The molecule has 1 fully saturated rings. The number of ketones is 2. The summed E-state index contributed by atoms with van der Waals surface area (Å²) in [6, 6.07) is 8.46. The van der Waals surface area contributed by atoms with Crippen LogP contribution in [0.15, 0.2) is 30.3 Å².